The molecule has 3 nitrogen and oxygen atoms in total. The quantitative estimate of drug-likeness (QED) is 0.175. The lowest BCUT2D eigenvalue weighted by atomic mass is 10.0. The van der Waals surface area contributed by atoms with E-state index in [1.165, 1.54) is 38.5 Å². The number of benzene rings is 3. The van der Waals surface area contributed by atoms with E-state index in [1.54, 1.807) is 0 Å². The van der Waals surface area contributed by atoms with Crippen molar-refractivity contribution in [2.45, 2.75) is 77.7 Å². The van der Waals surface area contributed by atoms with Crippen molar-refractivity contribution in [3.05, 3.63) is 101 Å². The molecule has 36 heavy (non-hydrogen) atoms. The zero-order chi connectivity index (χ0) is 25.2. The Balaban J connectivity index is 1.81. The van der Waals surface area contributed by atoms with Crippen molar-refractivity contribution in [1.29, 1.82) is 0 Å². The summed E-state index contributed by atoms with van der Waals surface area (Å²) in [5, 5.41) is 0. The zero-order valence-electron chi connectivity index (χ0n) is 21.9. The molecule has 0 aliphatic rings. The molecule has 1 aromatic heterocycles. The van der Waals surface area contributed by atoms with Gasteiger partial charge in [0.1, 0.15) is 0 Å². The average Bonchev–Trinajstić information content (AvgIpc) is 3.24. The molecule has 1 heterocycles. The van der Waals surface area contributed by atoms with Crippen molar-refractivity contribution >= 4 is 0 Å². The number of imidazole rings is 1. The van der Waals surface area contributed by atoms with Crippen LogP contribution in [-0.2, 0) is 0 Å². The lowest BCUT2D eigenvalue weighted by molar-refractivity contribution is 0.418. The maximum atomic E-state index is 14.3. The first-order valence-corrected chi connectivity index (χ1v) is 13.8. The molecule has 3 aromatic carbocycles. The predicted octanol–water partition coefficient (Wildman–Crippen LogP) is 9.06. The van der Waals surface area contributed by atoms with Crippen LogP contribution in [0.4, 0.5) is 0 Å². The van der Waals surface area contributed by atoms with Crippen LogP contribution < -0.4 is 5.69 Å². The van der Waals surface area contributed by atoms with Crippen LogP contribution >= 0.6 is 0 Å². The van der Waals surface area contributed by atoms with Crippen molar-refractivity contribution in [1.82, 2.24) is 9.13 Å². The van der Waals surface area contributed by atoms with E-state index in [0.717, 1.165) is 47.5 Å². The molecule has 0 aliphatic carbocycles. The molecule has 0 saturated heterocycles. The van der Waals surface area contributed by atoms with Crippen LogP contribution in [0.1, 0.15) is 77.7 Å². The second-order valence-corrected chi connectivity index (χ2v) is 9.72. The largest absolute Gasteiger partial charge is 0.334 e. The van der Waals surface area contributed by atoms with Gasteiger partial charge in [0, 0.05) is 17.2 Å². The lowest BCUT2D eigenvalue weighted by Gasteiger charge is -2.20. The number of hydrogen-bond acceptors (Lipinski definition) is 1. The van der Waals surface area contributed by atoms with E-state index >= 15 is 0 Å². The molecule has 1 atom stereocenters. The third-order valence-electron chi connectivity index (χ3n) is 7.17. The molecule has 0 fully saturated rings. The van der Waals surface area contributed by atoms with E-state index in [-0.39, 0.29) is 11.7 Å². The summed E-state index contributed by atoms with van der Waals surface area (Å²) in [7, 11) is 0. The first-order valence-electron chi connectivity index (χ1n) is 13.8. The summed E-state index contributed by atoms with van der Waals surface area (Å²) >= 11 is 0. The van der Waals surface area contributed by atoms with E-state index < -0.39 is 0 Å². The van der Waals surface area contributed by atoms with Crippen LogP contribution in [0, 0.1) is 0 Å². The third kappa shape index (κ3) is 5.90. The van der Waals surface area contributed by atoms with Gasteiger partial charge in [-0.15, -0.1) is 0 Å². The van der Waals surface area contributed by atoms with Gasteiger partial charge in [-0.2, -0.15) is 0 Å². The molecular formula is C33H40N2O. The highest BCUT2D eigenvalue weighted by Crippen LogP contribution is 2.36. The molecule has 0 radical (unpaired) electrons. The number of aromatic nitrogens is 2. The molecular weight excluding hydrogens is 440 g/mol. The van der Waals surface area contributed by atoms with Gasteiger partial charge in [-0.3, -0.25) is 9.13 Å². The Morgan fingerprint density at radius 2 is 1.11 bits per heavy atom. The topological polar surface area (TPSA) is 26.9 Å². The minimum atomic E-state index is 0.0497. The Morgan fingerprint density at radius 1 is 0.611 bits per heavy atom. The predicted molar refractivity (Wildman–Crippen MR) is 153 cm³/mol. The zero-order valence-corrected chi connectivity index (χ0v) is 21.9. The summed E-state index contributed by atoms with van der Waals surface area (Å²) in [6.45, 7) is 4.48. The molecule has 0 saturated carbocycles. The van der Waals surface area contributed by atoms with E-state index in [4.69, 9.17) is 0 Å². The van der Waals surface area contributed by atoms with Crippen LogP contribution in [0.2, 0.25) is 0 Å². The van der Waals surface area contributed by atoms with E-state index in [2.05, 4.69) is 66.9 Å². The smallest absolute Gasteiger partial charge is 0.288 e. The SMILES string of the molecule is CCCCCCCCCC(CC)n1c(-c2ccccc2)c(-c2ccccc2)n(-c2ccccc2)c1=O. The summed E-state index contributed by atoms with van der Waals surface area (Å²) in [6.07, 6.45) is 10.9. The van der Waals surface area contributed by atoms with Crippen molar-refractivity contribution in [3.8, 4) is 28.2 Å². The average molecular weight is 481 g/mol. The third-order valence-corrected chi connectivity index (χ3v) is 7.17. The summed E-state index contributed by atoms with van der Waals surface area (Å²) in [4.78, 5) is 14.3. The molecule has 3 heteroatoms. The van der Waals surface area contributed by atoms with Gasteiger partial charge in [0.25, 0.3) is 0 Å². The van der Waals surface area contributed by atoms with Crippen molar-refractivity contribution in [3.63, 3.8) is 0 Å². The maximum Gasteiger partial charge on any atom is 0.334 e. The van der Waals surface area contributed by atoms with Gasteiger partial charge in [-0.05, 0) is 25.0 Å². The summed E-state index contributed by atoms with van der Waals surface area (Å²) in [5.74, 6) is 0. The molecule has 4 aromatic rings. The molecule has 0 aliphatic heterocycles. The minimum Gasteiger partial charge on any atom is -0.288 e. The van der Waals surface area contributed by atoms with E-state index in [1.807, 2.05) is 47.0 Å². The second-order valence-electron chi connectivity index (χ2n) is 9.72. The van der Waals surface area contributed by atoms with Crippen molar-refractivity contribution in [2.75, 3.05) is 0 Å². The number of rotatable bonds is 13. The van der Waals surface area contributed by atoms with Gasteiger partial charge in [-0.25, -0.2) is 4.79 Å². The maximum absolute atomic E-state index is 14.3. The highest BCUT2D eigenvalue weighted by molar-refractivity contribution is 5.80. The van der Waals surface area contributed by atoms with E-state index in [0.29, 0.717) is 0 Å². The highest BCUT2D eigenvalue weighted by Gasteiger charge is 2.27. The first kappa shape index (κ1) is 25.8. The van der Waals surface area contributed by atoms with Gasteiger partial charge in [0.15, 0.2) is 0 Å². The number of unbranched alkanes of at least 4 members (excludes halogenated alkanes) is 6. The standard InChI is InChI=1S/C33H40N2O/c1-3-5-6-7-8-9-17-24-29(4-2)34-31(27-20-13-10-14-21-27)32(28-22-15-11-16-23-28)35(33(34)36)30-25-18-12-19-26-30/h10-16,18-23,25-26,29H,3-9,17,24H2,1-2H3. The lowest BCUT2D eigenvalue weighted by Crippen LogP contribution is -2.27. The summed E-state index contributed by atoms with van der Waals surface area (Å²) < 4.78 is 4.02. The number of nitrogens with zero attached hydrogens (tertiary/aromatic N) is 2. The van der Waals surface area contributed by atoms with Gasteiger partial charge >= 0.3 is 5.69 Å². The second kappa shape index (κ2) is 13.1. The monoisotopic (exact) mass is 480 g/mol. The van der Waals surface area contributed by atoms with Gasteiger partial charge in [0.05, 0.1) is 17.1 Å². The summed E-state index contributed by atoms with van der Waals surface area (Å²) in [6, 6.07) is 31.0. The normalized spacial score (nSPS) is 12.1. The Hall–Kier alpha value is -3.33. The van der Waals surface area contributed by atoms with Gasteiger partial charge < -0.3 is 0 Å². The minimum absolute atomic E-state index is 0.0497. The Bertz CT molecular complexity index is 1240. The molecule has 188 valence electrons. The fraction of sp³-hybridized carbons (Fsp3) is 0.364. The molecule has 0 N–H and O–H groups in total. The van der Waals surface area contributed by atoms with Crippen molar-refractivity contribution in [2.24, 2.45) is 0 Å². The fourth-order valence-electron chi connectivity index (χ4n) is 5.26. The molecule has 0 bridgehead atoms. The Labute approximate surface area is 216 Å². The van der Waals surface area contributed by atoms with Crippen LogP contribution in [0.15, 0.2) is 95.8 Å². The number of para-hydroxylation sites is 1. The fourth-order valence-corrected chi connectivity index (χ4v) is 5.26. The summed E-state index contributed by atoms with van der Waals surface area (Å²) in [5.41, 5.74) is 5.08. The van der Waals surface area contributed by atoms with Crippen LogP contribution in [0.5, 0.6) is 0 Å². The molecule has 0 spiro atoms. The Kier molecular flexibility index (Phi) is 9.38. The van der Waals surface area contributed by atoms with Crippen LogP contribution in [0.25, 0.3) is 28.2 Å². The highest BCUT2D eigenvalue weighted by atomic mass is 16.1. The molecule has 0 amide bonds. The van der Waals surface area contributed by atoms with E-state index in [9.17, 15) is 4.79 Å². The molecule has 4 rings (SSSR count). The van der Waals surface area contributed by atoms with Crippen LogP contribution in [-0.4, -0.2) is 9.13 Å². The van der Waals surface area contributed by atoms with Crippen molar-refractivity contribution < 1.29 is 0 Å². The number of hydrogen-bond donors (Lipinski definition) is 0. The van der Waals surface area contributed by atoms with Gasteiger partial charge in [-0.1, -0.05) is 138 Å². The molecule has 1 unspecified atom stereocenters. The van der Waals surface area contributed by atoms with Crippen LogP contribution in [0.3, 0.4) is 0 Å². The van der Waals surface area contributed by atoms with Gasteiger partial charge in [0.2, 0.25) is 0 Å². The first-order chi connectivity index (χ1) is 17.8. The Morgan fingerprint density at radius 3 is 1.67 bits per heavy atom.